The van der Waals surface area contributed by atoms with Crippen molar-refractivity contribution in [2.75, 3.05) is 14.1 Å². The SMILES string of the molecule is CC(NCc1cn[nH]c1-c1cccs1)C(=O)N(C)C. The van der Waals surface area contributed by atoms with Crippen LogP contribution >= 0.6 is 11.3 Å². The first-order valence-corrected chi connectivity index (χ1v) is 6.98. The number of rotatable bonds is 5. The lowest BCUT2D eigenvalue weighted by Crippen LogP contribution is -2.41. The molecule has 0 spiro atoms. The smallest absolute Gasteiger partial charge is 0.238 e. The van der Waals surface area contributed by atoms with E-state index in [1.807, 2.05) is 18.4 Å². The molecule has 2 aromatic heterocycles. The van der Waals surface area contributed by atoms with E-state index in [0.717, 1.165) is 16.1 Å². The van der Waals surface area contributed by atoms with Gasteiger partial charge in [-0.2, -0.15) is 5.10 Å². The summed E-state index contributed by atoms with van der Waals surface area (Å²) in [5.41, 5.74) is 2.09. The van der Waals surface area contributed by atoms with E-state index < -0.39 is 0 Å². The highest BCUT2D eigenvalue weighted by Gasteiger charge is 2.15. The van der Waals surface area contributed by atoms with E-state index in [1.165, 1.54) is 0 Å². The largest absolute Gasteiger partial charge is 0.347 e. The molecule has 102 valence electrons. The van der Waals surface area contributed by atoms with Gasteiger partial charge in [-0.25, -0.2) is 0 Å². The highest BCUT2D eigenvalue weighted by molar-refractivity contribution is 7.13. The van der Waals surface area contributed by atoms with Crippen LogP contribution in [-0.4, -0.2) is 41.1 Å². The molecule has 0 radical (unpaired) electrons. The first-order valence-electron chi connectivity index (χ1n) is 6.10. The number of nitrogens with zero attached hydrogens (tertiary/aromatic N) is 2. The van der Waals surface area contributed by atoms with Crippen molar-refractivity contribution in [1.82, 2.24) is 20.4 Å². The second-order valence-electron chi connectivity index (χ2n) is 4.58. The summed E-state index contributed by atoms with van der Waals surface area (Å²) in [7, 11) is 3.52. The normalized spacial score (nSPS) is 12.4. The van der Waals surface area contributed by atoms with Crippen molar-refractivity contribution in [3.63, 3.8) is 0 Å². The zero-order valence-electron chi connectivity index (χ0n) is 11.3. The van der Waals surface area contributed by atoms with Gasteiger partial charge in [-0.15, -0.1) is 11.3 Å². The summed E-state index contributed by atoms with van der Waals surface area (Å²) in [6, 6.07) is 3.85. The lowest BCUT2D eigenvalue weighted by atomic mass is 10.2. The molecule has 5 nitrogen and oxygen atoms in total. The molecule has 0 aliphatic heterocycles. The third kappa shape index (κ3) is 3.21. The Morgan fingerprint density at radius 2 is 2.37 bits per heavy atom. The number of amides is 1. The monoisotopic (exact) mass is 278 g/mol. The Labute approximate surface area is 116 Å². The molecule has 0 aliphatic carbocycles. The van der Waals surface area contributed by atoms with Crippen LogP contribution in [0.4, 0.5) is 0 Å². The predicted molar refractivity (Wildman–Crippen MR) is 76.9 cm³/mol. The number of aromatic nitrogens is 2. The molecule has 2 heterocycles. The Bertz CT molecular complexity index is 533. The van der Waals surface area contributed by atoms with Crippen LogP contribution in [0.1, 0.15) is 12.5 Å². The molecule has 0 aromatic carbocycles. The van der Waals surface area contributed by atoms with Crippen molar-refractivity contribution in [2.45, 2.75) is 19.5 Å². The fraction of sp³-hybridized carbons (Fsp3) is 0.385. The van der Waals surface area contributed by atoms with Gasteiger partial charge < -0.3 is 10.2 Å². The Morgan fingerprint density at radius 3 is 3.00 bits per heavy atom. The zero-order valence-corrected chi connectivity index (χ0v) is 12.1. The zero-order chi connectivity index (χ0) is 13.8. The average Bonchev–Trinajstić information content (AvgIpc) is 3.04. The molecule has 2 N–H and O–H groups in total. The van der Waals surface area contributed by atoms with Gasteiger partial charge in [0.1, 0.15) is 0 Å². The van der Waals surface area contributed by atoms with Gasteiger partial charge in [-0.3, -0.25) is 9.89 Å². The quantitative estimate of drug-likeness (QED) is 0.875. The molecule has 2 aromatic rings. The maximum absolute atomic E-state index is 11.8. The topological polar surface area (TPSA) is 61.0 Å². The predicted octanol–water partition coefficient (Wildman–Crippen LogP) is 1.70. The fourth-order valence-electron chi connectivity index (χ4n) is 1.82. The Morgan fingerprint density at radius 1 is 1.58 bits per heavy atom. The van der Waals surface area contributed by atoms with Gasteiger partial charge in [0.15, 0.2) is 0 Å². The van der Waals surface area contributed by atoms with Crippen molar-refractivity contribution in [1.29, 1.82) is 0 Å². The first kappa shape index (κ1) is 13.8. The number of H-pyrrole nitrogens is 1. The summed E-state index contributed by atoms with van der Waals surface area (Å²) in [5, 5.41) is 12.3. The van der Waals surface area contributed by atoms with Gasteiger partial charge in [0.2, 0.25) is 5.91 Å². The van der Waals surface area contributed by atoms with E-state index in [9.17, 15) is 4.79 Å². The number of nitrogens with one attached hydrogen (secondary N) is 2. The van der Waals surface area contributed by atoms with Gasteiger partial charge in [0.25, 0.3) is 0 Å². The van der Waals surface area contributed by atoms with Crippen LogP contribution in [0.3, 0.4) is 0 Å². The maximum Gasteiger partial charge on any atom is 0.238 e. The van der Waals surface area contributed by atoms with E-state index in [2.05, 4.69) is 21.6 Å². The highest BCUT2D eigenvalue weighted by atomic mass is 32.1. The lowest BCUT2D eigenvalue weighted by Gasteiger charge is -2.17. The van der Waals surface area contributed by atoms with E-state index >= 15 is 0 Å². The van der Waals surface area contributed by atoms with Gasteiger partial charge in [0.05, 0.1) is 22.8 Å². The van der Waals surface area contributed by atoms with Crippen molar-refractivity contribution in [2.24, 2.45) is 0 Å². The second-order valence-corrected chi connectivity index (χ2v) is 5.53. The molecule has 0 saturated carbocycles. The number of likely N-dealkylation sites (N-methyl/N-ethyl adjacent to an activating group) is 1. The molecular formula is C13H18N4OS. The minimum absolute atomic E-state index is 0.0705. The third-order valence-electron chi connectivity index (χ3n) is 2.90. The van der Waals surface area contributed by atoms with Crippen LogP contribution < -0.4 is 5.32 Å². The van der Waals surface area contributed by atoms with Gasteiger partial charge >= 0.3 is 0 Å². The number of hydrogen-bond donors (Lipinski definition) is 2. The summed E-state index contributed by atoms with van der Waals surface area (Å²) in [4.78, 5) is 14.5. The summed E-state index contributed by atoms with van der Waals surface area (Å²) < 4.78 is 0. The van der Waals surface area contributed by atoms with Crippen LogP contribution in [0.15, 0.2) is 23.7 Å². The molecule has 1 amide bonds. The minimum atomic E-state index is -0.207. The van der Waals surface area contributed by atoms with Crippen molar-refractivity contribution in [3.8, 4) is 10.6 Å². The van der Waals surface area contributed by atoms with E-state index in [0.29, 0.717) is 6.54 Å². The van der Waals surface area contributed by atoms with Crippen molar-refractivity contribution >= 4 is 17.2 Å². The minimum Gasteiger partial charge on any atom is -0.347 e. The molecule has 1 unspecified atom stereocenters. The standard InChI is InChI=1S/C13H18N4OS/c1-9(13(18)17(2)3)14-7-10-8-15-16-12(10)11-5-4-6-19-11/h4-6,8-9,14H,7H2,1-3H3,(H,15,16). The van der Waals surface area contributed by atoms with Crippen LogP contribution in [0.2, 0.25) is 0 Å². The molecule has 0 saturated heterocycles. The Hall–Kier alpha value is -1.66. The molecule has 1 atom stereocenters. The number of carbonyl (C=O) groups excluding carboxylic acids is 1. The molecule has 0 fully saturated rings. The van der Waals surface area contributed by atoms with E-state index in [4.69, 9.17) is 0 Å². The molecule has 0 aliphatic rings. The number of aromatic amines is 1. The van der Waals surface area contributed by atoms with Crippen LogP contribution in [0.5, 0.6) is 0 Å². The van der Waals surface area contributed by atoms with E-state index in [1.54, 1.807) is 36.5 Å². The highest BCUT2D eigenvalue weighted by Crippen LogP contribution is 2.25. The number of carbonyl (C=O) groups is 1. The van der Waals surface area contributed by atoms with Crippen LogP contribution in [0, 0.1) is 0 Å². The summed E-state index contributed by atoms with van der Waals surface area (Å²) >= 11 is 1.67. The summed E-state index contributed by atoms with van der Waals surface area (Å²) in [6.07, 6.45) is 1.80. The molecule has 0 bridgehead atoms. The van der Waals surface area contributed by atoms with Crippen LogP contribution in [-0.2, 0) is 11.3 Å². The molecule has 6 heteroatoms. The average molecular weight is 278 g/mol. The Kier molecular flexibility index (Phi) is 4.34. The summed E-state index contributed by atoms with van der Waals surface area (Å²) in [5.74, 6) is 0.0705. The van der Waals surface area contributed by atoms with Crippen molar-refractivity contribution < 1.29 is 4.79 Å². The van der Waals surface area contributed by atoms with Crippen molar-refractivity contribution in [3.05, 3.63) is 29.3 Å². The third-order valence-corrected chi connectivity index (χ3v) is 3.78. The van der Waals surface area contributed by atoms with E-state index in [-0.39, 0.29) is 11.9 Å². The molecule has 19 heavy (non-hydrogen) atoms. The summed E-state index contributed by atoms with van der Waals surface area (Å²) in [6.45, 7) is 2.48. The maximum atomic E-state index is 11.8. The Balaban J connectivity index is 2.01. The molecule has 2 rings (SSSR count). The van der Waals surface area contributed by atoms with Gasteiger partial charge in [0, 0.05) is 26.2 Å². The second kappa shape index (κ2) is 5.99. The van der Waals surface area contributed by atoms with Crippen LogP contribution in [0.25, 0.3) is 10.6 Å². The number of hydrogen-bond acceptors (Lipinski definition) is 4. The van der Waals surface area contributed by atoms with Gasteiger partial charge in [-0.05, 0) is 18.4 Å². The lowest BCUT2D eigenvalue weighted by molar-refractivity contribution is -0.130. The molecular weight excluding hydrogens is 260 g/mol. The first-order chi connectivity index (χ1) is 9.09. The number of thiophene rings is 1. The van der Waals surface area contributed by atoms with Gasteiger partial charge in [-0.1, -0.05) is 6.07 Å². The fourth-order valence-corrected chi connectivity index (χ4v) is 2.57.